The summed E-state index contributed by atoms with van der Waals surface area (Å²) in [5, 5.41) is 32.1. The van der Waals surface area contributed by atoms with E-state index in [4.69, 9.17) is 15.4 Å². The van der Waals surface area contributed by atoms with Crippen LogP contribution in [-0.2, 0) is 36.5 Å². The predicted molar refractivity (Wildman–Crippen MR) is 99.0 cm³/mol. The number of imidazole rings is 1. The topological polar surface area (TPSA) is 305 Å². The van der Waals surface area contributed by atoms with Gasteiger partial charge in [-0.2, -0.15) is 9.29 Å². The van der Waals surface area contributed by atoms with Crippen molar-refractivity contribution in [2.75, 3.05) is 12.3 Å². The van der Waals surface area contributed by atoms with Crippen molar-refractivity contribution in [2.45, 2.75) is 24.5 Å². The molecule has 0 amide bonds. The van der Waals surface area contributed by atoms with Crippen LogP contribution in [0.15, 0.2) is 6.33 Å². The van der Waals surface area contributed by atoms with Crippen LogP contribution in [0.2, 0.25) is 0 Å². The second kappa shape index (κ2) is 13.7. The molecule has 3 rings (SSSR count). The summed E-state index contributed by atoms with van der Waals surface area (Å²) in [6.07, 6.45) is -5.51. The third-order valence-electron chi connectivity index (χ3n) is 3.83. The Hall–Kier alpha value is 1.44. The molecule has 1 aliphatic rings. The molecule has 2 aromatic heterocycles. The van der Waals surface area contributed by atoms with Gasteiger partial charge in [0.1, 0.15) is 23.8 Å². The van der Waals surface area contributed by atoms with Gasteiger partial charge in [-0.1, -0.05) is 0 Å². The van der Waals surface area contributed by atoms with Gasteiger partial charge in [0.05, 0.1) is 12.9 Å². The molecule has 0 spiro atoms. The van der Waals surface area contributed by atoms with Gasteiger partial charge in [-0.3, -0.25) is 13.7 Å². The summed E-state index contributed by atoms with van der Waals surface area (Å²) in [6, 6.07) is 0. The number of phosphoric ester groups is 1. The maximum atomic E-state index is 11.8. The predicted octanol–water partition coefficient (Wildman–Crippen LogP) is -8.88. The Morgan fingerprint density at radius 3 is 2.34 bits per heavy atom. The summed E-state index contributed by atoms with van der Waals surface area (Å²) in [7, 11) is -17.5. The molecule has 19 nitrogen and oxygen atoms in total. The Morgan fingerprint density at radius 1 is 1.17 bits per heavy atom. The number of hydrogen-bond acceptors (Lipinski definition) is 15. The molecule has 0 saturated carbocycles. The van der Waals surface area contributed by atoms with E-state index in [1.807, 2.05) is 0 Å². The van der Waals surface area contributed by atoms with Crippen molar-refractivity contribution in [1.82, 2.24) is 19.5 Å². The minimum atomic E-state index is -6.05. The third-order valence-corrected chi connectivity index (χ3v) is 7.55. The first-order valence-electron chi connectivity index (χ1n) is 8.02. The number of aliphatic hydroxyl groups is 2. The van der Waals surface area contributed by atoms with E-state index in [1.54, 1.807) is 0 Å². The van der Waals surface area contributed by atoms with E-state index >= 15 is 0 Å². The summed E-state index contributed by atoms with van der Waals surface area (Å²) in [5.74, 6) is -1.24. The van der Waals surface area contributed by atoms with Gasteiger partial charge in [-0.25, -0.2) is 23.4 Å². The smallest absolute Gasteiger partial charge is 0.857 e. The Labute approximate surface area is 263 Å². The molecular formula is C10H15N5Na3O14P3. The molecule has 25 heteroatoms. The number of nitrogens with two attached hydrogens (primary N) is 1. The van der Waals surface area contributed by atoms with Gasteiger partial charge in [0.25, 0.3) is 7.82 Å². The van der Waals surface area contributed by atoms with Crippen LogP contribution in [0.5, 0.6) is 5.88 Å². The molecule has 3 heterocycles. The van der Waals surface area contributed by atoms with Crippen LogP contribution in [0.4, 0.5) is 5.95 Å². The zero-order valence-corrected chi connectivity index (χ0v) is 26.9. The standard InChI is InChI=1S/C10H15N5O14P3.3Na.H2/c11-10-13-7-4(8(18)14-10)12-2-15(7)9-6(17)5(16)3(27-9)1-26-31(22,23)29-32(24,25)28-30(19,20)21;;;;/h2-3,5-6,9,16-17H,1H2,(H,22,23)(H2,19,20,21)(H3,11,13,14,18);;;;1H/q;;2*+1;/p-2/t3-,5-,6-,9-;;;;/m1..../s1. The molecule has 1 saturated heterocycles. The fourth-order valence-corrected chi connectivity index (χ4v) is 5.58. The quantitative estimate of drug-likeness (QED) is 0.141. The molecular weight excluding hydrogens is 576 g/mol. The van der Waals surface area contributed by atoms with Crippen molar-refractivity contribution in [2.24, 2.45) is 0 Å². The zero-order valence-electron chi connectivity index (χ0n) is 18.2. The maximum absolute atomic E-state index is 11.8. The minimum Gasteiger partial charge on any atom is -0.857 e. The number of aromatic nitrogens is 4. The van der Waals surface area contributed by atoms with Crippen molar-refractivity contribution in [3.63, 3.8) is 0 Å². The molecule has 0 aliphatic carbocycles. The number of fused-ring (bicyclic) bond motifs is 1. The van der Waals surface area contributed by atoms with Crippen molar-refractivity contribution in [3.8, 4) is 5.88 Å². The van der Waals surface area contributed by atoms with E-state index in [0.717, 1.165) is 10.9 Å². The van der Waals surface area contributed by atoms with Gasteiger partial charge in [0.2, 0.25) is 5.95 Å². The van der Waals surface area contributed by atoms with E-state index < -0.39 is 66.4 Å². The van der Waals surface area contributed by atoms with E-state index in [0.29, 0.717) is 0 Å². The van der Waals surface area contributed by atoms with Crippen molar-refractivity contribution in [3.05, 3.63) is 6.33 Å². The summed E-state index contributed by atoms with van der Waals surface area (Å²) in [5.41, 5.74) is 5.01. The molecule has 0 aromatic carbocycles. The van der Waals surface area contributed by atoms with Crippen molar-refractivity contribution in [1.29, 1.82) is 0 Å². The molecule has 7 atom stereocenters. The summed E-state index contributed by atoms with van der Waals surface area (Å²) >= 11 is 0. The van der Waals surface area contributed by atoms with Gasteiger partial charge >= 0.3 is 74.8 Å². The number of rotatable bonds is 8. The molecule has 182 valence electrons. The van der Waals surface area contributed by atoms with Gasteiger partial charge in [-0.05, 0) is 0 Å². The second-order valence-electron chi connectivity index (χ2n) is 6.10. The Morgan fingerprint density at radius 2 is 1.77 bits per heavy atom. The third kappa shape index (κ3) is 9.54. The Bertz CT molecular complexity index is 1170. The average molecular weight is 591 g/mol. The number of hydrogen-bond donors (Lipinski definition) is 5. The molecule has 2 aromatic rings. The number of phosphoric acid groups is 2. The van der Waals surface area contributed by atoms with Gasteiger partial charge in [0.15, 0.2) is 11.9 Å². The molecule has 35 heavy (non-hydrogen) atoms. The minimum absolute atomic E-state index is 0. The molecule has 3 unspecified atom stereocenters. The summed E-state index contributed by atoms with van der Waals surface area (Å²) in [4.78, 5) is 50.3. The average Bonchev–Trinajstić information content (AvgIpc) is 3.12. The fourth-order valence-electron chi connectivity index (χ4n) is 2.65. The van der Waals surface area contributed by atoms with Crippen LogP contribution < -0.4 is 74.8 Å². The van der Waals surface area contributed by atoms with Gasteiger partial charge in [0, 0.05) is 36.9 Å². The first-order chi connectivity index (χ1) is 14.6. The Kier molecular flexibility index (Phi) is 14.2. The number of aliphatic hydroxyl groups excluding tert-OH is 2. The SMILES string of the molecule is Nc1nc([O-])c2ncn([C@@H]3O[C@H](COP(=O)(O)OP([O])(=O)OP(=O)([O-])O)[C@@H](O)[C@H]3O)c2n1.[HH].[Na+].[Na+].[Na]. The van der Waals surface area contributed by atoms with E-state index in [-0.39, 0.29) is 101 Å². The van der Waals surface area contributed by atoms with Crippen molar-refractivity contribution >= 4 is 70.1 Å². The Balaban J connectivity index is 0. The molecule has 0 bridgehead atoms. The zero-order chi connectivity index (χ0) is 24.1. The van der Waals surface area contributed by atoms with Crippen LogP contribution >= 0.6 is 23.5 Å². The van der Waals surface area contributed by atoms with Crippen LogP contribution in [0.25, 0.3) is 11.2 Å². The van der Waals surface area contributed by atoms with E-state index in [9.17, 15) is 43.7 Å². The number of nitrogens with zero attached hydrogens (tertiary/aromatic N) is 4. The maximum Gasteiger partial charge on any atom is 1.00 e. The van der Waals surface area contributed by atoms with Crippen LogP contribution in [0.3, 0.4) is 0 Å². The monoisotopic (exact) mass is 591 g/mol. The normalized spacial score (nSPS) is 26.9. The van der Waals surface area contributed by atoms with Gasteiger partial charge < -0.3 is 40.5 Å². The fraction of sp³-hybridized carbons (Fsp3) is 0.500. The van der Waals surface area contributed by atoms with Crippen molar-refractivity contribution < 1.29 is 127 Å². The first-order valence-corrected chi connectivity index (χ1v) is 12.5. The molecule has 2 radical (unpaired) electrons. The molecule has 1 aliphatic heterocycles. The van der Waals surface area contributed by atoms with E-state index in [1.165, 1.54) is 0 Å². The van der Waals surface area contributed by atoms with Crippen LogP contribution in [0.1, 0.15) is 7.65 Å². The second-order valence-corrected chi connectivity index (χ2v) is 10.4. The molecule has 1 fully saturated rings. The number of anilines is 1. The summed E-state index contributed by atoms with van der Waals surface area (Å²) < 4.78 is 50.7. The molecule has 6 N–H and O–H groups in total. The largest absolute Gasteiger partial charge is 1.00 e. The van der Waals surface area contributed by atoms with Crippen LogP contribution in [-0.4, -0.2) is 94.0 Å². The van der Waals surface area contributed by atoms with Crippen LogP contribution in [0, 0.1) is 0 Å². The van der Waals surface area contributed by atoms with E-state index in [2.05, 4.69) is 28.1 Å². The number of ether oxygens (including phenoxy) is 1. The summed E-state index contributed by atoms with van der Waals surface area (Å²) in [6.45, 7) is -1.06. The first kappa shape index (κ1) is 36.4. The number of nitrogen functional groups attached to an aromatic ring is 1. The van der Waals surface area contributed by atoms with Gasteiger partial charge in [-0.15, -0.1) is 4.89 Å².